The van der Waals surface area contributed by atoms with Crippen molar-refractivity contribution in [3.63, 3.8) is 0 Å². The zero-order chi connectivity index (χ0) is 22.8. The van der Waals surface area contributed by atoms with Crippen LogP contribution in [0.2, 0.25) is 5.15 Å². The first-order valence-electron chi connectivity index (χ1n) is 8.33. The minimum absolute atomic E-state index is 0.0536. The van der Waals surface area contributed by atoms with Gasteiger partial charge in [-0.3, -0.25) is 0 Å². The third kappa shape index (κ3) is 5.64. The first-order chi connectivity index (χ1) is 14.5. The number of hydrogen-bond acceptors (Lipinski definition) is 6. The van der Waals surface area contributed by atoms with Crippen LogP contribution >= 0.6 is 11.6 Å². The average molecular weight is 462 g/mol. The lowest BCUT2D eigenvalue weighted by molar-refractivity contribution is -0.137. The average Bonchev–Trinajstić information content (AvgIpc) is 3.14. The van der Waals surface area contributed by atoms with Crippen LogP contribution in [-0.4, -0.2) is 27.9 Å². The highest BCUT2D eigenvalue weighted by Crippen LogP contribution is 2.35. The molecule has 0 aliphatic rings. The molecule has 0 amide bonds. The molecule has 162 valence electrons. The minimum atomic E-state index is -4.93. The van der Waals surface area contributed by atoms with Crippen LogP contribution in [0.25, 0.3) is 11.5 Å². The van der Waals surface area contributed by atoms with E-state index in [4.69, 9.17) is 21.3 Å². The first-order valence-corrected chi connectivity index (χ1v) is 8.71. The van der Waals surface area contributed by atoms with Crippen LogP contribution in [0.15, 0.2) is 40.9 Å². The second kappa shape index (κ2) is 8.43. The van der Waals surface area contributed by atoms with Gasteiger partial charge in [0.2, 0.25) is 11.8 Å². The van der Waals surface area contributed by atoms with E-state index in [1.165, 1.54) is 24.4 Å². The number of nitriles is 1. The normalized spacial score (nSPS) is 11.9. The van der Waals surface area contributed by atoms with Gasteiger partial charge in [-0.25, -0.2) is 4.98 Å². The number of rotatable bonds is 5. The van der Waals surface area contributed by atoms with Crippen LogP contribution < -0.4 is 4.90 Å². The van der Waals surface area contributed by atoms with Gasteiger partial charge in [-0.1, -0.05) is 11.6 Å². The van der Waals surface area contributed by atoms with Crippen molar-refractivity contribution in [2.75, 3.05) is 11.4 Å². The summed E-state index contributed by atoms with van der Waals surface area (Å²) >= 11 is 5.77. The Morgan fingerprint density at radius 2 is 1.81 bits per heavy atom. The number of alkyl halides is 6. The molecule has 0 saturated heterocycles. The molecule has 0 radical (unpaired) electrons. The lowest BCUT2D eigenvalue weighted by atomic mass is 10.1. The SMILES string of the molecule is N#Cc1ccc(N(Cc2nnc(-c3ccnc(Cl)c3)o2)CC(F)(F)F)cc1C(F)(F)F. The molecular weight excluding hydrogens is 452 g/mol. The van der Waals surface area contributed by atoms with E-state index in [1.54, 1.807) is 0 Å². The Labute approximate surface area is 175 Å². The van der Waals surface area contributed by atoms with E-state index >= 15 is 0 Å². The van der Waals surface area contributed by atoms with Gasteiger partial charge in [0.1, 0.15) is 11.7 Å². The van der Waals surface area contributed by atoms with Crippen LogP contribution in [-0.2, 0) is 12.7 Å². The second-order valence-corrected chi connectivity index (χ2v) is 6.57. The number of anilines is 1. The summed E-state index contributed by atoms with van der Waals surface area (Å²) in [5.74, 6) is -0.327. The van der Waals surface area contributed by atoms with Crippen LogP contribution in [0.1, 0.15) is 17.0 Å². The summed E-state index contributed by atoms with van der Waals surface area (Å²) in [6.07, 6.45) is -8.32. The largest absolute Gasteiger partial charge is 0.419 e. The molecular formula is C18H10ClF6N5O. The number of halogens is 7. The molecule has 13 heteroatoms. The van der Waals surface area contributed by atoms with E-state index < -0.39 is 42.3 Å². The highest BCUT2D eigenvalue weighted by atomic mass is 35.5. The molecule has 0 unspecified atom stereocenters. The summed E-state index contributed by atoms with van der Waals surface area (Å²) in [5.41, 5.74) is -2.12. The summed E-state index contributed by atoms with van der Waals surface area (Å²) in [5, 5.41) is 16.4. The fraction of sp³-hybridized carbons (Fsp3) is 0.222. The van der Waals surface area contributed by atoms with Crippen molar-refractivity contribution >= 4 is 17.3 Å². The van der Waals surface area contributed by atoms with Crippen LogP contribution in [0.3, 0.4) is 0 Å². The Hall–Kier alpha value is -3.33. The predicted molar refractivity (Wildman–Crippen MR) is 95.8 cm³/mol. The maximum absolute atomic E-state index is 13.2. The molecule has 0 fully saturated rings. The fourth-order valence-corrected chi connectivity index (χ4v) is 2.82. The maximum atomic E-state index is 13.2. The van der Waals surface area contributed by atoms with E-state index in [0.29, 0.717) is 16.5 Å². The molecule has 0 spiro atoms. The van der Waals surface area contributed by atoms with E-state index in [9.17, 15) is 26.3 Å². The van der Waals surface area contributed by atoms with Crippen molar-refractivity contribution in [3.8, 4) is 17.5 Å². The highest BCUT2D eigenvalue weighted by molar-refractivity contribution is 6.29. The third-order valence-corrected chi connectivity index (χ3v) is 4.14. The van der Waals surface area contributed by atoms with Gasteiger partial charge in [0.15, 0.2) is 0 Å². The first kappa shape index (κ1) is 22.4. The molecule has 2 heterocycles. The van der Waals surface area contributed by atoms with E-state index in [2.05, 4.69) is 15.2 Å². The quantitative estimate of drug-likeness (QED) is 0.382. The van der Waals surface area contributed by atoms with Crippen molar-refractivity contribution < 1.29 is 30.8 Å². The Bertz CT molecular complexity index is 1120. The van der Waals surface area contributed by atoms with Gasteiger partial charge in [0.05, 0.1) is 23.7 Å². The molecule has 3 aromatic rings. The second-order valence-electron chi connectivity index (χ2n) is 6.18. The molecule has 2 aromatic heterocycles. The Morgan fingerprint density at radius 1 is 1.06 bits per heavy atom. The molecule has 6 nitrogen and oxygen atoms in total. The zero-order valence-electron chi connectivity index (χ0n) is 15.2. The lowest BCUT2D eigenvalue weighted by Gasteiger charge is -2.25. The smallest absolute Gasteiger partial charge is 0.417 e. The molecule has 0 aliphatic carbocycles. The zero-order valence-corrected chi connectivity index (χ0v) is 15.9. The minimum Gasteiger partial charge on any atom is -0.419 e. The van der Waals surface area contributed by atoms with Crippen molar-refractivity contribution in [1.82, 2.24) is 15.2 Å². The monoisotopic (exact) mass is 461 g/mol. The number of hydrogen-bond donors (Lipinski definition) is 0. The van der Waals surface area contributed by atoms with Gasteiger partial charge in [-0.15, -0.1) is 10.2 Å². The highest BCUT2D eigenvalue weighted by Gasteiger charge is 2.36. The van der Waals surface area contributed by atoms with E-state index in [1.807, 2.05) is 0 Å². The van der Waals surface area contributed by atoms with Crippen molar-refractivity contribution in [1.29, 1.82) is 5.26 Å². The summed E-state index contributed by atoms with van der Waals surface area (Å²) < 4.78 is 84.2. The van der Waals surface area contributed by atoms with Crippen molar-refractivity contribution in [2.45, 2.75) is 18.9 Å². The molecule has 0 aliphatic heterocycles. The van der Waals surface area contributed by atoms with Crippen LogP contribution in [0, 0.1) is 11.3 Å². The van der Waals surface area contributed by atoms with Gasteiger partial charge >= 0.3 is 12.4 Å². The topological polar surface area (TPSA) is 78.8 Å². The predicted octanol–water partition coefficient (Wildman–Crippen LogP) is 5.24. The molecule has 0 saturated carbocycles. The van der Waals surface area contributed by atoms with Crippen molar-refractivity contribution in [3.05, 3.63) is 58.7 Å². The molecule has 1 aromatic carbocycles. The van der Waals surface area contributed by atoms with Gasteiger partial charge in [0, 0.05) is 17.4 Å². The molecule has 3 rings (SSSR count). The summed E-state index contributed by atoms with van der Waals surface area (Å²) in [6.45, 7) is -2.22. The van der Waals surface area contributed by atoms with E-state index in [-0.39, 0.29) is 16.9 Å². The Balaban J connectivity index is 1.95. The number of aromatic nitrogens is 3. The Kier molecular flexibility index (Phi) is 6.08. The maximum Gasteiger partial charge on any atom is 0.417 e. The Morgan fingerprint density at radius 3 is 2.42 bits per heavy atom. The van der Waals surface area contributed by atoms with Crippen molar-refractivity contribution in [2.24, 2.45) is 0 Å². The van der Waals surface area contributed by atoms with Crippen LogP contribution in [0.5, 0.6) is 0 Å². The molecule has 0 N–H and O–H groups in total. The lowest BCUT2D eigenvalue weighted by Crippen LogP contribution is -2.34. The summed E-state index contributed by atoms with van der Waals surface area (Å²) in [4.78, 5) is 4.36. The van der Waals surface area contributed by atoms with E-state index in [0.717, 1.165) is 12.1 Å². The third-order valence-electron chi connectivity index (χ3n) is 3.93. The van der Waals surface area contributed by atoms with Gasteiger partial charge in [-0.05, 0) is 30.3 Å². The van der Waals surface area contributed by atoms with Crippen LogP contribution in [0.4, 0.5) is 32.0 Å². The summed E-state index contributed by atoms with van der Waals surface area (Å²) in [7, 11) is 0. The number of pyridine rings is 1. The van der Waals surface area contributed by atoms with Gasteiger partial charge in [-0.2, -0.15) is 31.6 Å². The molecule has 0 bridgehead atoms. The fourth-order valence-electron chi connectivity index (χ4n) is 2.65. The molecule has 31 heavy (non-hydrogen) atoms. The van der Waals surface area contributed by atoms with Gasteiger partial charge < -0.3 is 9.32 Å². The number of benzene rings is 1. The standard InChI is InChI=1S/C18H10ClF6N5O/c19-14-5-10(3-4-27-14)16-29-28-15(31-16)8-30(9-17(20,21)22)12-2-1-11(7-26)13(6-12)18(23,24)25/h1-6H,8-9H2. The van der Waals surface area contributed by atoms with Gasteiger partial charge in [0.25, 0.3) is 0 Å². The number of nitrogens with zero attached hydrogens (tertiary/aromatic N) is 5. The molecule has 0 atom stereocenters. The summed E-state index contributed by atoms with van der Waals surface area (Å²) in [6, 6.07) is 6.51.